The maximum atomic E-state index is 9.37. The van der Waals surface area contributed by atoms with Gasteiger partial charge in [0.15, 0.2) is 0 Å². The SMILES string of the molecule is CC(C#N)(NCc1ccccc1)C1CCCN1. The highest BCUT2D eigenvalue weighted by atomic mass is 15.1. The van der Waals surface area contributed by atoms with Crippen molar-refractivity contribution in [2.45, 2.75) is 37.9 Å². The van der Waals surface area contributed by atoms with Gasteiger partial charge in [0.05, 0.1) is 6.07 Å². The van der Waals surface area contributed by atoms with E-state index in [2.05, 4.69) is 28.8 Å². The molecule has 0 aromatic heterocycles. The van der Waals surface area contributed by atoms with E-state index in [1.807, 2.05) is 25.1 Å². The topological polar surface area (TPSA) is 47.9 Å². The summed E-state index contributed by atoms with van der Waals surface area (Å²) in [4.78, 5) is 0. The maximum absolute atomic E-state index is 9.37. The Hall–Kier alpha value is -1.37. The van der Waals surface area contributed by atoms with Gasteiger partial charge in [-0.05, 0) is 31.9 Å². The number of benzene rings is 1. The zero-order valence-corrected chi connectivity index (χ0v) is 10.2. The van der Waals surface area contributed by atoms with Crippen LogP contribution in [0.15, 0.2) is 30.3 Å². The molecule has 1 fully saturated rings. The molecular formula is C14H19N3. The first kappa shape index (κ1) is 12.1. The van der Waals surface area contributed by atoms with Crippen molar-refractivity contribution in [3.8, 4) is 6.07 Å². The van der Waals surface area contributed by atoms with Gasteiger partial charge in [0.25, 0.3) is 0 Å². The van der Waals surface area contributed by atoms with Crippen LogP contribution in [0.4, 0.5) is 0 Å². The number of hydrogen-bond acceptors (Lipinski definition) is 3. The predicted molar refractivity (Wildman–Crippen MR) is 68.3 cm³/mol. The molecule has 1 aromatic carbocycles. The normalized spacial score (nSPS) is 22.9. The van der Waals surface area contributed by atoms with Crippen LogP contribution in [0.2, 0.25) is 0 Å². The zero-order chi connectivity index (χ0) is 12.1. The number of nitrogens with zero attached hydrogens (tertiary/aromatic N) is 1. The van der Waals surface area contributed by atoms with Crippen LogP contribution in [0.3, 0.4) is 0 Å². The van der Waals surface area contributed by atoms with Gasteiger partial charge in [-0.3, -0.25) is 5.32 Å². The van der Waals surface area contributed by atoms with E-state index in [-0.39, 0.29) is 6.04 Å². The summed E-state index contributed by atoms with van der Waals surface area (Å²) in [7, 11) is 0. The van der Waals surface area contributed by atoms with E-state index in [0.717, 1.165) is 25.9 Å². The third-order valence-corrected chi connectivity index (χ3v) is 3.49. The van der Waals surface area contributed by atoms with E-state index in [0.29, 0.717) is 0 Å². The minimum Gasteiger partial charge on any atom is -0.311 e. The van der Waals surface area contributed by atoms with E-state index in [4.69, 9.17) is 0 Å². The van der Waals surface area contributed by atoms with Crippen LogP contribution in [0.1, 0.15) is 25.3 Å². The van der Waals surface area contributed by atoms with Crippen LogP contribution in [0, 0.1) is 11.3 Å². The second kappa shape index (κ2) is 5.31. The molecule has 1 saturated heterocycles. The molecule has 1 aromatic rings. The number of nitriles is 1. The Balaban J connectivity index is 1.98. The lowest BCUT2D eigenvalue weighted by atomic mass is 9.92. The quantitative estimate of drug-likeness (QED) is 0.828. The van der Waals surface area contributed by atoms with Crippen molar-refractivity contribution in [1.29, 1.82) is 5.26 Å². The van der Waals surface area contributed by atoms with Gasteiger partial charge in [-0.1, -0.05) is 30.3 Å². The molecule has 0 bridgehead atoms. The second-order valence-corrected chi connectivity index (χ2v) is 4.80. The summed E-state index contributed by atoms with van der Waals surface area (Å²) in [6.45, 7) is 3.75. The summed E-state index contributed by atoms with van der Waals surface area (Å²) in [5, 5.41) is 16.2. The molecule has 17 heavy (non-hydrogen) atoms. The fourth-order valence-electron chi connectivity index (χ4n) is 2.30. The van der Waals surface area contributed by atoms with E-state index >= 15 is 0 Å². The number of hydrogen-bond donors (Lipinski definition) is 2. The van der Waals surface area contributed by atoms with Crippen LogP contribution in [-0.4, -0.2) is 18.1 Å². The van der Waals surface area contributed by atoms with Gasteiger partial charge in [-0.15, -0.1) is 0 Å². The monoisotopic (exact) mass is 229 g/mol. The highest BCUT2D eigenvalue weighted by molar-refractivity contribution is 5.18. The smallest absolute Gasteiger partial charge is 0.119 e. The molecular weight excluding hydrogens is 210 g/mol. The summed E-state index contributed by atoms with van der Waals surface area (Å²) in [5.74, 6) is 0. The van der Waals surface area contributed by atoms with Gasteiger partial charge >= 0.3 is 0 Å². The summed E-state index contributed by atoms with van der Waals surface area (Å²) < 4.78 is 0. The molecule has 3 heteroatoms. The van der Waals surface area contributed by atoms with Gasteiger partial charge in [-0.2, -0.15) is 5.26 Å². The van der Waals surface area contributed by atoms with Crippen LogP contribution >= 0.6 is 0 Å². The molecule has 2 unspecified atom stereocenters. The lowest BCUT2D eigenvalue weighted by Gasteiger charge is -2.30. The fourth-order valence-corrected chi connectivity index (χ4v) is 2.30. The average Bonchev–Trinajstić information content (AvgIpc) is 2.92. The molecule has 2 N–H and O–H groups in total. The molecule has 3 nitrogen and oxygen atoms in total. The van der Waals surface area contributed by atoms with Crippen molar-refractivity contribution in [2.75, 3.05) is 6.54 Å². The van der Waals surface area contributed by atoms with Crippen molar-refractivity contribution >= 4 is 0 Å². The third kappa shape index (κ3) is 2.85. The Morgan fingerprint density at radius 3 is 2.82 bits per heavy atom. The van der Waals surface area contributed by atoms with E-state index in [1.165, 1.54) is 5.56 Å². The molecule has 2 rings (SSSR count). The molecule has 0 aliphatic carbocycles. The van der Waals surface area contributed by atoms with Gasteiger partial charge in [-0.25, -0.2) is 0 Å². The first-order chi connectivity index (χ1) is 8.24. The highest BCUT2D eigenvalue weighted by Crippen LogP contribution is 2.19. The number of nitrogens with one attached hydrogen (secondary N) is 2. The largest absolute Gasteiger partial charge is 0.311 e. The summed E-state index contributed by atoms with van der Waals surface area (Å²) in [6, 6.07) is 12.9. The molecule has 0 amide bonds. The second-order valence-electron chi connectivity index (χ2n) is 4.80. The predicted octanol–water partition coefficient (Wildman–Crippen LogP) is 1.81. The van der Waals surface area contributed by atoms with Crippen molar-refractivity contribution in [3.63, 3.8) is 0 Å². The standard InChI is InChI=1S/C14H19N3/c1-14(11-15,13-8-5-9-16-13)17-10-12-6-3-2-4-7-12/h2-4,6-7,13,16-17H,5,8-10H2,1H3. The van der Waals surface area contributed by atoms with E-state index < -0.39 is 5.54 Å². The minimum atomic E-state index is -0.480. The van der Waals surface area contributed by atoms with Crippen molar-refractivity contribution in [2.24, 2.45) is 0 Å². The minimum absolute atomic E-state index is 0.260. The first-order valence-electron chi connectivity index (χ1n) is 6.18. The lowest BCUT2D eigenvalue weighted by Crippen LogP contribution is -2.54. The Morgan fingerprint density at radius 2 is 2.24 bits per heavy atom. The fraction of sp³-hybridized carbons (Fsp3) is 0.500. The molecule has 1 aliphatic heterocycles. The molecule has 1 heterocycles. The summed E-state index contributed by atoms with van der Waals surface area (Å²) >= 11 is 0. The van der Waals surface area contributed by atoms with Gasteiger partial charge in [0.1, 0.15) is 5.54 Å². The average molecular weight is 229 g/mol. The van der Waals surface area contributed by atoms with Crippen molar-refractivity contribution < 1.29 is 0 Å². The van der Waals surface area contributed by atoms with Crippen LogP contribution in [0.5, 0.6) is 0 Å². The molecule has 1 aliphatic rings. The molecule has 2 atom stereocenters. The summed E-state index contributed by atoms with van der Waals surface area (Å²) in [6.07, 6.45) is 2.24. The van der Waals surface area contributed by atoms with Crippen molar-refractivity contribution in [1.82, 2.24) is 10.6 Å². The van der Waals surface area contributed by atoms with Crippen molar-refractivity contribution in [3.05, 3.63) is 35.9 Å². The van der Waals surface area contributed by atoms with Gasteiger partial charge in [0.2, 0.25) is 0 Å². The molecule has 90 valence electrons. The summed E-state index contributed by atoms with van der Waals surface area (Å²) in [5.41, 5.74) is 0.735. The van der Waals surface area contributed by atoms with Crippen LogP contribution in [-0.2, 0) is 6.54 Å². The van der Waals surface area contributed by atoms with E-state index in [9.17, 15) is 5.26 Å². The first-order valence-corrected chi connectivity index (χ1v) is 6.18. The maximum Gasteiger partial charge on any atom is 0.119 e. The van der Waals surface area contributed by atoms with Crippen LogP contribution in [0.25, 0.3) is 0 Å². The number of rotatable bonds is 4. The Morgan fingerprint density at radius 1 is 1.47 bits per heavy atom. The molecule has 0 radical (unpaired) electrons. The Bertz CT molecular complexity index is 390. The Labute approximate surface area is 103 Å². The van der Waals surface area contributed by atoms with Gasteiger partial charge in [0, 0.05) is 12.6 Å². The highest BCUT2D eigenvalue weighted by Gasteiger charge is 2.35. The zero-order valence-electron chi connectivity index (χ0n) is 10.2. The Kier molecular flexibility index (Phi) is 3.78. The van der Waals surface area contributed by atoms with Gasteiger partial charge < -0.3 is 5.32 Å². The van der Waals surface area contributed by atoms with E-state index in [1.54, 1.807) is 0 Å². The van der Waals surface area contributed by atoms with Crippen LogP contribution < -0.4 is 10.6 Å². The molecule has 0 saturated carbocycles. The third-order valence-electron chi connectivity index (χ3n) is 3.49. The molecule has 0 spiro atoms. The lowest BCUT2D eigenvalue weighted by molar-refractivity contribution is 0.343.